The molecule has 0 atom stereocenters. The molecule has 0 saturated heterocycles. The maximum Gasteiger partial charge on any atom is 0.240 e. The van der Waals surface area contributed by atoms with Crippen molar-refractivity contribution in [3.05, 3.63) is 29.8 Å². The van der Waals surface area contributed by atoms with Crippen LogP contribution in [0.2, 0.25) is 0 Å². The normalized spacial score (nSPS) is 12.6. The van der Waals surface area contributed by atoms with E-state index >= 15 is 0 Å². The van der Waals surface area contributed by atoms with Crippen molar-refractivity contribution in [2.45, 2.75) is 45.6 Å². The molecule has 1 rings (SSSR count). The molecule has 0 radical (unpaired) electrons. The van der Waals surface area contributed by atoms with Crippen LogP contribution < -0.4 is 10.0 Å². The highest BCUT2D eigenvalue weighted by Gasteiger charge is 2.16. The molecule has 0 aliphatic heterocycles. The van der Waals surface area contributed by atoms with Gasteiger partial charge in [-0.25, -0.2) is 13.1 Å². The zero-order chi connectivity index (χ0) is 15.2. The van der Waals surface area contributed by atoms with E-state index < -0.39 is 10.0 Å². The van der Waals surface area contributed by atoms with Crippen LogP contribution in [-0.2, 0) is 16.6 Å². The third-order valence-electron chi connectivity index (χ3n) is 2.95. The van der Waals surface area contributed by atoms with Crippen molar-refractivity contribution in [1.82, 2.24) is 10.0 Å². The molecule has 0 spiro atoms. The summed E-state index contributed by atoms with van der Waals surface area (Å²) in [5.41, 5.74) is 1.10. The quantitative estimate of drug-likeness (QED) is 0.813. The second kappa shape index (κ2) is 7.20. The lowest BCUT2D eigenvalue weighted by Gasteiger charge is -2.18. The van der Waals surface area contributed by atoms with E-state index in [1.807, 2.05) is 13.0 Å². The highest BCUT2D eigenvalue weighted by molar-refractivity contribution is 7.89. The van der Waals surface area contributed by atoms with E-state index in [4.69, 9.17) is 0 Å². The Bertz CT molecular complexity index is 519. The van der Waals surface area contributed by atoms with E-state index in [1.54, 1.807) is 18.2 Å². The molecule has 0 saturated carbocycles. The minimum atomic E-state index is -3.41. The van der Waals surface area contributed by atoms with E-state index in [0.29, 0.717) is 18.0 Å². The summed E-state index contributed by atoms with van der Waals surface area (Å²) in [6.07, 6.45) is 0.809. The topological polar surface area (TPSA) is 58.2 Å². The fourth-order valence-electron chi connectivity index (χ4n) is 1.74. The second-order valence-electron chi connectivity index (χ2n) is 6.14. The SMILES string of the molecule is CCNCc1cccc(S(=O)(=O)NCCC(C)(C)C)c1. The number of rotatable bonds is 7. The van der Waals surface area contributed by atoms with Gasteiger partial charge in [-0.2, -0.15) is 0 Å². The van der Waals surface area contributed by atoms with Crippen LogP contribution in [0.5, 0.6) is 0 Å². The van der Waals surface area contributed by atoms with Gasteiger partial charge in [0.05, 0.1) is 4.90 Å². The molecular weight excluding hydrogens is 272 g/mol. The molecule has 114 valence electrons. The van der Waals surface area contributed by atoms with Crippen LogP contribution in [0.4, 0.5) is 0 Å². The molecule has 5 heteroatoms. The van der Waals surface area contributed by atoms with Gasteiger partial charge in [0.2, 0.25) is 10.0 Å². The van der Waals surface area contributed by atoms with Crippen LogP contribution in [-0.4, -0.2) is 21.5 Å². The highest BCUT2D eigenvalue weighted by Crippen LogP contribution is 2.18. The van der Waals surface area contributed by atoms with Crippen molar-refractivity contribution in [1.29, 1.82) is 0 Å². The Kier molecular flexibility index (Phi) is 6.17. The zero-order valence-electron chi connectivity index (χ0n) is 12.9. The Balaban J connectivity index is 2.72. The van der Waals surface area contributed by atoms with Crippen molar-refractivity contribution < 1.29 is 8.42 Å². The molecule has 0 heterocycles. The van der Waals surface area contributed by atoms with Crippen LogP contribution in [0.25, 0.3) is 0 Å². The molecular formula is C15H26N2O2S. The van der Waals surface area contributed by atoms with Crippen LogP contribution in [0.1, 0.15) is 39.7 Å². The summed E-state index contributed by atoms with van der Waals surface area (Å²) in [6, 6.07) is 7.07. The average Bonchev–Trinajstić information content (AvgIpc) is 2.35. The number of hydrogen-bond donors (Lipinski definition) is 2. The Morgan fingerprint density at radius 3 is 2.50 bits per heavy atom. The van der Waals surface area contributed by atoms with E-state index in [9.17, 15) is 8.42 Å². The maximum absolute atomic E-state index is 12.2. The molecule has 0 aliphatic rings. The van der Waals surface area contributed by atoms with Gasteiger partial charge in [-0.05, 0) is 36.1 Å². The van der Waals surface area contributed by atoms with Crippen LogP contribution in [0, 0.1) is 5.41 Å². The van der Waals surface area contributed by atoms with Gasteiger partial charge in [-0.15, -0.1) is 0 Å². The summed E-state index contributed by atoms with van der Waals surface area (Å²) in [5.74, 6) is 0. The molecule has 0 aliphatic carbocycles. The van der Waals surface area contributed by atoms with Gasteiger partial charge < -0.3 is 5.32 Å². The van der Waals surface area contributed by atoms with Crippen molar-refractivity contribution in [2.24, 2.45) is 5.41 Å². The van der Waals surface area contributed by atoms with E-state index in [1.165, 1.54) is 0 Å². The lowest BCUT2D eigenvalue weighted by Crippen LogP contribution is -2.27. The van der Waals surface area contributed by atoms with Gasteiger partial charge in [0.15, 0.2) is 0 Å². The van der Waals surface area contributed by atoms with Gasteiger partial charge in [0.1, 0.15) is 0 Å². The Labute approximate surface area is 123 Å². The number of nitrogens with one attached hydrogen (secondary N) is 2. The highest BCUT2D eigenvalue weighted by atomic mass is 32.2. The summed E-state index contributed by atoms with van der Waals surface area (Å²) in [6.45, 7) is 10.3. The number of benzene rings is 1. The fourth-order valence-corrected chi connectivity index (χ4v) is 2.84. The first-order valence-corrected chi connectivity index (χ1v) is 8.52. The first-order valence-electron chi connectivity index (χ1n) is 7.04. The molecule has 2 N–H and O–H groups in total. The summed E-state index contributed by atoms with van der Waals surface area (Å²) >= 11 is 0. The first-order chi connectivity index (χ1) is 9.24. The van der Waals surface area contributed by atoms with E-state index in [-0.39, 0.29) is 5.41 Å². The van der Waals surface area contributed by atoms with Crippen LogP contribution in [0.15, 0.2) is 29.2 Å². The molecule has 1 aromatic carbocycles. The van der Waals surface area contributed by atoms with Gasteiger partial charge in [-0.3, -0.25) is 0 Å². The lowest BCUT2D eigenvalue weighted by atomic mass is 9.93. The van der Waals surface area contributed by atoms with E-state index in [2.05, 4.69) is 30.8 Å². The molecule has 20 heavy (non-hydrogen) atoms. The summed E-state index contributed by atoms with van der Waals surface area (Å²) < 4.78 is 27.1. The second-order valence-corrected chi connectivity index (χ2v) is 7.90. The largest absolute Gasteiger partial charge is 0.313 e. The van der Waals surface area contributed by atoms with Crippen LogP contribution >= 0.6 is 0 Å². The third-order valence-corrected chi connectivity index (χ3v) is 4.41. The van der Waals surface area contributed by atoms with Crippen molar-refractivity contribution in [2.75, 3.05) is 13.1 Å². The van der Waals surface area contributed by atoms with Crippen molar-refractivity contribution >= 4 is 10.0 Å². The predicted molar refractivity (Wildman–Crippen MR) is 83.1 cm³/mol. The Morgan fingerprint density at radius 1 is 1.20 bits per heavy atom. The Hall–Kier alpha value is -0.910. The number of sulfonamides is 1. The monoisotopic (exact) mass is 298 g/mol. The molecule has 0 bridgehead atoms. The molecule has 0 fully saturated rings. The molecule has 4 nitrogen and oxygen atoms in total. The zero-order valence-corrected chi connectivity index (χ0v) is 13.7. The van der Waals surface area contributed by atoms with Crippen molar-refractivity contribution in [3.63, 3.8) is 0 Å². The fraction of sp³-hybridized carbons (Fsp3) is 0.600. The van der Waals surface area contributed by atoms with Gasteiger partial charge in [0, 0.05) is 13.1 Å². The minimum Gasteiger partial charge on any atom is -0.313 e. The van der Waals surface area contributed by atoms with Crippen molar-refractivity contribution in [3.8, 4) is 0 Å². The molecule has 0 aromatic heterocycles. The minimum absolute atomic E-state index is 0.120. The smallest absolute Gasteiger partial charge is 0.240 e. The molecule has 0 unspecified atom stereocenters. The third kappa shape index (κ3) is 6.03. The summed E-state index contributed by atoms with van der Waals surface area (Å²) in [4.78, 5) is 0.335. The lowest BCUT2D eigenvalue weighted by molar-refractivity contribution is 0.378. The predicted octanol–water partition coefficient (Wildman–Crippen LogP) is 2.51. The van der Waals surface area contributed by atoms with Crippen LogP contribution in [0.3, 0.4) is 0 Å². The first kappa shape index (κ1) is 17.1. The standard InChI is InChI=1S/C15H26N2O2S/c1-5-16-12-13-7-6-8-14(11-13)20(18,19)17-10-9-15(2,3)4/h6-8,11,16-17H,5,9-10,12H2,1-4H3. The number of hydrogen-bond acceptors (Lipinski definition) is 3. The van der Waals surface area contributed by atoms with Gasteiger partial charge in [0.25, 0.3) is 0 Å². The average molecular weight is 298 g/mol. The summed E-state index contributed by atoms with van der Waals surface area (Å²) in [7, 11) is -3.41. The van der Waals surface area contributed by atoms with Gasteiger partial charge in [-0.1, -0.05) is 39.8 Å². The van der Waals surface area contributed by atoms with Gasteiger partial charge >= 0.3 is 0 Å². The van der Waals surface area contributed by atoms with E-state index in [0.717, 1.165) is 18.5 Å². The molecule has 0 amide bonds. The maximum atomic E-state index is 12.2. The Morgan fingerprint density at radius 2 is 1.90 bits per heavy atom. The molecule has 1 aromatic rings. The summed E-state index contributed by atoms with van der Waals surface area (Å²) in [5, 5.41) is 3.19.